The molecule has 1 aliphatic carbocycles. The zero-order valence-corrected chi connectivity index (χ0v) is 12.7. The second kappa shape index (κ2) is 6.26. The average molecular weight is 295 g/mol. The van der Waals surface area contributed by atoms with Gasteiger partial charge in [0.1, 0.15) is 5.75 Å². The van der Waals surface area contributed by atoms with Crippen LogP contribution in [0.3, 0.4) is 0 Å². The summed E-state index contributed by atoms with van der Waals surface area (Å²) in [6.07, 6.45) is 4.80. The molecule has 5 nitrogen and oxygen atoms in total. The maximum atomic E-state index is 11.8. The molecule has 0 bridgehead atoms. The van der Waals surface area contributed by atoms with Crippen molar-refractivity contribution in [3.8, 4) is 5.75 Å². The lowest BCUT2D eigenvalue weighted by molar-refractivity contribution is 0.361. The molecular weight excluding hydrogens is 274 g/mol. The van der Waals surface area contributed by atoms with Crippen LogP contribution < -0.4 is 15.8 Å². The second-order valence-corrected chi connectivity index (χ2v) is 6.82. The number of methoxy groups -OCH3 is 1. The predicted molar refractivity (Wildman–Crippen MR) is 83.8 cm³/mol. The molecule has 1 atom stereocenters. The number of guanidine groups is 1. The lowest BCUT2D eigenvalue weighted by atomic mass is 9.84. The van der Waals surface area contributed by atoms with Crippen LogP contribution in [0.4, 0.5) is 5.69 Å². The van der Waals surface area contributed by atoms with Gasteiger partial charge in [-0.15, -0.1) is 0 Å². The van der Waals surface area contributed by atoms with Crippen LogP contribution in [-0.2, 0) is 10.8 Å². The molecule has 0 radical (unpaired) electrons. The first-order valence-electron chi connectivity index (χ1n) is 6.60. The van der Waals surface area contributed by atoms with Gasteiger partial charge in [-0.3, -0.25) is 9.20 Å². The molecule has 0 heterocycles. The van der Waals surface area contributed by atoms with E-state index in [4.69, 9.17) is 10.5 Å². The first-order valence-corrected chi connectivity index (χ1v) is 8.16. The number of nitrogens with two attached hydrogens (primary N) is 1. The number of aliphatic imine (C=N–C) groups is 1. The average Bonchev–Trinajstić information content (AvgIpc) is 2.37. The SMILES string of the molecule is COc1cccc(NC(N)=NCC2(S(C)=O)CCC2)c1. The van der Waals surface area contributed by atoms with Gasteiger partial charge < -0.3 is 15.8 Å². The summed E-state index contributed by atoms with van der Waals surface area (Å²) in [6.45, 7) is 0.513. The van der Waals surface area contributed by atoms with E-state index < -0.39 is 10.8 Å². The topological polar surface area (TPSA) is 76.7 Å². The fourth-order valence-corrected chi connectivity index (χ4v) is 3.34. The van der Waals surface area contributed by atoms with Gasteiger partial charge in [0.25, 0.3) is 0 Å². The molecule has 1 unspecified atom stereocenters. The third-order valence-corrected chi connectivity index (χ3v) is 5.51. The summed E-state index contributed by atoms with van der Waals surface area (Å²) in [4.78, 5) is 4.34. The van der Waals surface area contributed by atoms with Crippen LogP contribution in [0.1, 0.15) is 19.3 Å². The Hall–Kier alpha value is -1.56. The predicted octanol–water partition coefficient (Wildman–Crippen LogP) is 1.72. The molecule has 0 amide bonds. The summed E-state index contributed by atoms with van der Waals surface area (Å²) >= 11 is 0. The minimum atomic E-state index is -0.861. The van der Waals surface area contributed by atoms with E-state index in [1.165, 1.54) is 0 Å². The van der Waals surface area contributed by atoms with Crippen molar-refractivity contribution in [3.63, 3.8) is 0 Å². The molecule has 1 aromatic rings. The Morgan fingerprint density at radius 3 is 2.85 bits per heavy atom. The standard InChI is InChI=1S/C14H21N3O2S/c1-19-12-6-3-5-11(9-12)17-13(15)16-10-14(20(2)18)7-4-8-14/h3,5-6,9H,4,7-8,10H2,1-2H3,(H3,15,16,17). The highest BCUT2D eigenvalue weighted by Crippen LogP contribution is 2.37. The van der Waals surface area contributed by atoms with Gasteiger partial charge in [0.15, 0.2) is 5.96 Å². The van der Waals surface area contributed by atoms with Crippen LogP contribution in [0.5, 0.6) is 5.75 Å². The first kappa shape index (κ1) is 14.8. The number of rotatable bonds is 5. The second-order valence-electron chi connectivity index (χ2n) is 5.05. The van der Waals surface area contributed by atoms with Crippen molar-refractivity contribution < 1.29 is 8.95 Å². The fourth-order valence-electron chi connectivity index (χ4n) is 2.23. The zero-order chi connectivity index (χ0) is 14.6. The fraction of sp³-hybridized carbons (Fsp3) is 0.500. The molecule has 0 aliphatic heterocycles. The highest BCUT2D eigenvalue weighted by molar-refractivity contribution is 7.85. The van der Waals surface area contributed by atoms with Crippen LogP contribution in [-0.4, -0.2) is 34.8 Å². The Balaban J connectivity index is 1.98. The van der Waals surface area contributed by atoms with Crippen molar-refractivity contribution in [2.24, 2.45) is 10.7 Å². The lowest BCUT2D eigenvalue weighted by Crippen LogP contribution is -2.44. The van der Waals surface area contributed by atoms with Crippen LogP contribution in [0, 0.1) is 0 Å². The Morgan fingerprint density at radius 1 is 1.55 bits per heavy atom. The van der Waals surface area contributed by atoms with Gasteiger partial charge >= 0.3 is 0 Å². The summed E-state index contributed by atoms with van der Waals surface area (Å²) in [5, 5.41) is 3.03. The number of benzene rings is 1. The van der Waals surface area contributed by atoms with Crippen molar-refractivity contribution in [1.29, 1.82) is 0 Å². The summed E-state index contributed by atoms with van der Waals surface area (Å²) in [5.74, 6) is 1.10. The number of nitrogens with one attached hydrogen (secondary N) is 1. The molecule has 1 fully saturated rings. The van der Waals surface area contributed by atoms with Crippen molar-refractivity contribution in [3.05, 3.63) is 24.3 Å². The Kier molecular flexibility index (Phi) is 4.65. The highest BCUT2D eigenvalue weighted by Gasteiger charge is 2.40. The zero-order valence-electron chi connectivity index (χ0n) is 11.9. The van der Waals surface area contributed by atoms with Crippen molar-refractivity contribution >= 4 is 22.4 Å². The molecule has 110 valence electrons. The third-order valence-electron chi connectivity index (χ3n) is 3.75. The van der Waals surface area contributed by atoms with Gasteiger partial charge in [-0.05, 0) is 25.0 Å². The Morgan fingerprint density at radius 2 is 2.30 bits per heavy atom. The Bertz CT molecular complexity index is 527. The number of nitrogens with zero attached hydrogens (tertiary/aromatic N) is 1. The molecule has 0 saturated heterocycles. The van der Waals surface area contributed by atoms with E-state index in [1.807, 2.05) is 24.3 Å². The van der Waals surface area contributed by atoms with Crippen molar-refractivity contribution in [2.45, 2.75) is 24.0 Å². The molecule has 20 heavy (non-hydrogen) atoms. The molecule has 0 spiro atoms. The first-order chi connectivity index (χ1) is 9.55. The minimum absolute atomic E-state index is 0.166. The van der Waals surface area contributed by atoms with E-state index in [0.717, 1.165) is 30.7 Å². The molecule has 6 heteroatoms. The molecule has 0 aromatic heterocycles. The molecule has 1 aromatic carbocycles. The maximum absolute atomic E-state index is 11.8. The highest BCUT2D eigenvalue weighted by atomic mass is 32.2. The number of anilines is 1. The largest absolute Gasteiger partial charge is 0.497 e. The van der Waals surface area contributed by atoms with Crippen molar-refractivity contribution in [1.82, 2.24) is 0 Å². The molecule has 1 saturated carbocycles. The van der Waals surface area contributed by atoms with Crippen molar-refractivity contribution in [2.75, 3.05) is 25.2 Å². The summed E-state index contributed by atoms with van der Waals surface area (Å²) < 4.78 is 16.7. The monoisotopic (exact) mass is 295 g/mol. The van der Waals surface area contributed by atoms with Gasteiger partial charge in [-0.25, -0.2) is 0 Å². The number of hydrogen-bond donors (Lipinski definition) is 2. The van der Waals surface area contributed by atoms with E-state index >= 15 is 0 Å². The van der Waals surface area contributed by atoms with Gasteiger partial charge in [0, 0.05) is 28.8 Å². The molecule has 3 N–H and O–H groups in total. The van der Waals surface area contributed by atoms with Crippen LogP contribution in [0.15, 0.2) is 29.3 Å². The lowest BCUT2D eigenvalue weighted by Gasteiger charge is -2.38. The summed E-state index contributed by atoms with van der Waals surface area (Å²) in [5.41, 5.74) is 6.71. The Labute approximate surface area is 122 Å². The van der Waals surface area contributed by atoms with Crippen LogP contribution in [0.25, 0.3) is 0 Å². The molecule has 2 rings (SSSR count). The normalized spacial score (nSPS) is 19.0. The van der Waals surface area contributed by atoms with Gasteiger partial charge in [0.05, 0.1) is 18.4 Å². The van der Waals surface area contributed by atoms with E-state index in [2.05, 4.69) is 10.3 Å². The maximum Gasteiger partial charge on any atom is 0.193 e. The number of ether oxygens (including phenoxy) is 1. The summed E-state index contributed by atoms with van der Waals surface area (Å²) in [7, 11) is 0.758. The van der Waals surface area contributed by atoms with Gasteiger partial charge in [-0.1, -0.05) is 12.5 Å². The van der Waals surface area contributed by atoms with E-state index in [-0.39, 0.29) is 4.75 Å². The number of hydrogen-bond acceptors (Lipinski definition) is 3. The molecule has 1 aliphatic rings. The van der Waals surface area contributed by atoms with Gasteiger partial charge in [-0.2, -0.15) is 0 Å². The van der Waals surface area contributed by atoms with Crippen LogP contribution >= 0.6 is 0 Å². The van der Waals surface area contributed by atoms with Gasteiger partial charge in [0.2, 0.25) is 0 Å². The molecular formula is C14H21N3O2S. The third kappa shape index (κ3) is 3.30. The van der Waals surface area contributed by atoms with E-state index in [0.29, 0.717) is 12.5 Å². The summed E-state index contributed by atoms with van der Waals surface area (Å²) in [6, 6.07) is 7.48. The quantitative estimate of drug-likeness (QED) is 0.640. The van der Waals surface area contributed by atoms with E-state index in [1.54, 1.807) is 13.4 Å². The smallest absolute Gasteiger partial charge is 0.193 e. The van der Waals surface area contributed by atoms with E-state index in [9.17, 15) is 4.21 Å². The van der Waals surface area contributed by atoms with Crippen LogP contribution in [0.2, 0.25) is 0 Å². The minimum Gasteiger partial charge on any atom is -0.497 e.